The predicted octanol–water partition coefficient (Wildman–Crippen LogP) is 6.41. The SMILES string of the molecule is CCCCCCCC(=O)O.CCCCCCCC(C)=O.O=S(Cl)Cl. The molecule has 0 unspecified atom stereocenters. The van der Waals surface area contributed by atoms with E-state index in [1.807, 2.05) is 0 Å². The molecule has 0 amide bonds. The summed E-state index contributed by atoms with van der Waals surface area (Å²) in [5.74, 6) is -0.340. The van der Waals surface area contributed by atoms with Crippen molar-refractivity contribution in [1.29, 1.82) is 0 Å². The molecule has 0 bridgehead atoms. The van der Waals surface area contributed by atoms with Gasteiger partial charge in [0.25, 0.3) is 0 Å². The van der Waals surface area contributed by atoms with Crippen molar-refractivity contribution in [3.63, 3.8) is 0 Å². The average molecular weight is 405 g/mol. The van der Waals surface area contributed by atoms with E-state index < -0.39 is 15.2 Å². The molecule has 0 aliphatic rings. The lowest BCUT2D eigenvalue weighted by atomic mass is 10.1. The van der Waals surface area contributed by atoms with Crippen molar-refractivity contribution < 1.29 is 18.9 Å². The molecule has 0 aromatic heterocycles. The Hall–Kier alpha value is -0.130. The first-order valence-corrected chi connectivity index (χ1v) is 11.5. The molecule has 0 aromatic carbocycles. The predicted molar refractivity (Wildman–Crippen MR) is 105 cm³/mol. The number of aliphatic carboxylic acids is 1. The fraction of sp³-hybridized carbons (Fsp3) is 0.882. The summed E-state index contributed by atoms with van der Waals surface area (Å²) in [6.45, 7) is 6.02. The van der Waals surface area contributed by atoms with E-state index >= 15 is 0 Å². The number of Topliss-reactive ketones (excluding diaryl/α,β-unsaturated/α-hetero) is 1. The van der Waals surface area contributed by atoms with E-state index in [1.165, 1.54) is 44.9 Å². The van der Waals surface area contributed by atoms with Crippen LogP contribution >= 0.6 is 21.4 Å². The number of ketones is 1. The monoisotopic (exact) mass is 404 g/mol. The quantitative estimate of drug-likeness (QED) is 0.301. The maximum atomic E-state index is 10.5. The van der Waals surface area contributed by atoms with Gasteiger partial charge >= 0.3 is 5.97 Å². The Labute approximate surface area is 159 Å². The second-order valence-corrected chi connectivity index (χ2v) is 8.13. The number of rotatable bonds is 12. The van der Waals surface area contributed by atoms with Crippen LogP contribution in [0.4, 0.5) is 0 Å². The van der Waals surface area contributed by atoms with Crippen LogP contribution in [0.3, 0.4) is 0 Å². The van der Waals surface area contributed by atoms with E-state index in [2.05, 4.69) is 35.2 Å². The first-order valence-electron chi connectivity index (χ1n) is 8.73. The van der Waals surface area contributed by atoms with Gasteiger partial charge in [0.2, 0.25) is 9.23 Å². The minimum atomic E-state index is -1.67. The first-order chi connectivity index (χ1) is 11.3. The van der Waals surface area contributed by atoms with Gasteiger partial charge in [-0.05, 0) is 19.8 Å². The number of carboxylic acids is 1. The fourth-order valence-corrected chi connectivity index (χ4v) is 1.86. The van der Waals surface area contributed by atoms with Gasteiger partial charge in [0, 0.05) is 34.2 Å². The van der Waals surface area contributed by atoms with Crippen molar-refractivity contribution in [1.82, 2.24) is 0 Å². The van der Waals surface area contributed by atoms with E-state index in [-0.39, 0.29) is 0 Å². The van der Waals surface area contributed by atoms with Gasteiger partial charge in [-0.25, -0.2) is 4.21 Å². The van der Waals surface area contributed by atoms with Crippen LogP contribution in [0.1, 0.15) is 97.8 Å². The van der Waals surface area contributed by atoms with E-state index in [4.69, 9.17) is 9.32 Å². The van der Waals surface area contributed by atoms with Crippen LogP contribution in [-0.4, -0.2) is 21.1 Å². The molecule has 0 heterocycles. The fourth-order valence-electron chi connectivity index (χ4n) is 1.86. The zero-order chi connectivity index (χ0) is 19.2. The molecule has 4 nitrogen and oxygen atoms in total. The zero-order valence-electron chi connectivity index (χ0n) is 15.3. The zero-order valence-corrected chi connectivity index (χ0v) is 17.6. The topological polar surface area (TPSA) is 71.4 Å². The third-order valence-electron chi connectivity index (χ3n) is 3.13. The number of carbonyl (C=O) groups excluding carboxylic acids is 1. The molecule has 0 radical (unpaired) electrons. The van der Waals surface area contributed by atoms with Gasteiger partial charge in [-0.2, -0.15) is 0 Å². The summed E-state index contributed by atoms with van der Waals surface area (Å²) >= 11 is 0. The number of hydrogen-bond acceptors (Lipinski definition) is 3. The third-order valence-corrected chi connectivity index (χ3v) is 3.13. The van der Waals surface area contributed by atoms with Crippen LogP contribution in [0.15, 0.2) is 0 Å². The van der Waals surface area contributed by atoms with Crippen LogP contribution in [0, 0.1) is 0 Å². The number of unbranched alkanes of at least 4 members (excludes halogenated alkanes) is 8. The molecule has 0 aliphatic heterocycles. The van der Waals surface area contributed by atoms with Crippen molar-refractivity contribution in [3.8, 4) is 0 Å². The van der Waals surface area contributed by atoms with Gasteiger partial charge in [-0.15, -0.1) is 0 Å². The van der Waals surface area contributed by atoms with Crippen LogP contribution in [0.5, 0.6) is 0 Å². The van der Waals surface area contributed by atoms with Crippen molar-refractivity contribution >= 4 is 42.3 Å². The van der Waals surface area contributed by atoms with E-state index in [0.717, 1.165) is 25.7 Å². The summed E-state index contributed by atoms with van der Waals surface area (Å²) in [7, 11) is 7.36. The maximum Gasteiger partial charge on any atom is 0.303 e. The van der Waals surface area contributed by atoms with Gasteiger partial charge in [0.05, 0.1) is 0 Å². The first kappa shape index (κ1) is 28.7. The molecule has 1 N–H and O–H groups in total. The average Bonchev–Trinajstić information content (AvgIpc) is 2.46. The van der Waals surface area contributed by atoms with Crippen LogP contribution in [0.2, 0.25) is 0 Å². The molecule has 0 saturated heterocycles. The molecule has 24 heavy (non-hydrogen) atoms. The molecule has 0 atom stereocenters. The lowest BCUT2D eigenvalue weighted by Gasteiger charge is -1.95. The molecule has 0 spiro atoms. The molecule has 146 valence electrons. The Bertz CT molecular complexity index is 285. The van der Waals surface area contributed by atoms with Gasteiger partial charge in [0.1, 0.15) is 5.78 Å². The van der Waals surface area contributed by atoms with E-state index in [0.29, 0.717) is 12.2 Å². The molecular formula is C17H34Cl2O4S. The highest BCUT2D eigenvalue weighted by atomic mass is 36.0. The summed E-state index contributed by atoms with van der Waals surface area (Å²) in [6.07, 6.45) is 12.9. The van der Waals surface area contributed by atoms with Crippen LogP contribution in [0.25, 0.3) is 0 Å². The van der Waals surface area contributed by atoms with Crippen LogP contribution in [-0.2, 0) is 18.8 Å². The number of halogens is 2. The number of carbonyl (C=O) groups is 2. The molecule has 0 aromatic rings. The van der Waals surface area contributed by atoms with Crippen LogP contribution < -0.4 is 0 Å². The molecule has 0 fully saturated rings. The second-order valence-electron chi connectivity index (χ2n) is 5.61. The highest BCUT2D eigenvalue weighted by Crippen LogP contribution is 2.05. The van der Waals surface area contributed by atoms with Crippen molar-refractivity contribution in [2.75, 3.05) is 0 Å². The Morgan fingerprint density at radius 2 is 1.12 bits per heavy atom. The summed E-state index contributed by atoms with van der Waals surface area (Å²) in [5, 5.41) is 8.27. The molecule has 0 aliphatic carbocycles. The molecular weight excluding hydrogens is 371 g/mol. The lowest BCUT2D eigenvalue weighted by molar-refractivity contribution is -0.137. The van der Waals surface area contributed by atoms with Gasteiger partial charge in [-0.1, -0.05) is 65.2 Å². The Morgan fingerprint density at radius 3 is 1.42 bits per heavy atom. The highest BCUT2D eigenvalue weighted by Gasteiger charge is 1.94. The minimum Gasteiger partial charge on any atom is -0.481 e. The van der Waals surface area contributed by atoms with Crippen molar-refractivity contribution in [2.24, 2.45) is 0 Å². The largest absolute Gasteiger partial charge is 0.481 e. The van der Waals surface area contributed by atoms with Gasteiger partial charge < -0.3 is 9.90 Å². The Balaban J connectivity index is -0.000000301. The lowest BCUT2D eigenvalue weighted by Crippen LogP contribution is -1.93. The van der Waals surface area contributed by atoms with Crippen molar-refractivity contribution in [3.05, 3.63) is 0 Å². The molecule has 7 heteroatoms. The van der Waals surface area contributed by atoms with Crippen molar-refractivity contribution in [2.45, 2.75) is 97.8 Å². The summed E-state index contributed by atoms with van der Waals surface area (Å²) in [4.78, 5) is 20.5. The van der Waals surface area contributed by atoms with Gasteiger partial charge in [-0.3, -0.25) is 4.79 Å². The third kappa shape index (κ3) is 49.5. The molecule has 0 rings (SSSR count). The summed E-state index contributed by atoms with van der Waals surface area (Å²) in [5.41, 5.74) is 0. The van der Waals surface area contributed by atoms with Gasteiger partial charge in [0.15, 0.2) is 0 Å². The van der Waals surface area contributed by atoms with E-state index in [1.54, 1.807) is 6.92 Å². The summed E-state index contributed by atoms with van der Waals surface area (Å²) in [6, 6.07) is 0. The normalized spacial score (nSPS) is 9.58. The second kappa shape index (κ2) is 25.1. The standard InChI is InChI=1S/C9H18O.C8H16O2.Cl2OS/c1-3-4-5-6-7-8-9(2)10;1-2-3-4-5-6-7-8(9)10;1-4(2)3/h3-8H2,1-2H3;2-7H2,1H3,(H,9,10);. The number of hydrogen-bond donors (Lipinski definition) is 1. The Morgan fingerprint density at radius 1 is 0.792 bits per heavy atom. The smallest absolute Gasteiger partial charge is 0.303 e. The minimum absolute atomic E-state index is 0.330. The highest BCUT2D eigenvalue weighted by molar-refractivity contribution is 8.26. The Kier molecular flexibility index (Phi) is 30.0. The van der Waals surface area contributed by atoms with E-state index in [9.17, 15) is 9.59 Å². The summed E-state index contributed by atoms with van der Waals surface area (Å²) < 4.78 is 9.09. The maximum absolute atomic E-state index is 10.5. The number of carboxylic acid groups (broad SMARTS) is 1. The molecule has 0 saturated carbocycles.